The van der Waals surface area contributed by atoms with Crippen LogP contribution >= 0.6 is 11.6 Å². The number of carbonyl (C=O) groups excluding carboxylic acids is 1. The molecule has 0 saturated heterocycles. The molecule has 0 spiro atoms. The van der Waals surface area contributed by atoms with Crippen LogP contribution in [0.3, 0.4) is 0 Å². The summed E-state index contributed by atoms with van der Waals surface area (Å²) in [6, 6.07) is 0. The molecule has 1 unspecified atom stereocenters. The number of esters is 1. The number of aliphatic hydroxyl groups excluding tert-OH is 1. The van der Waals surface area contributed by atoms with Gasteiger partial charge in [0.15, 0.2) is 0 Å². The molecule has 1 rings (SSSR count). The average molecular weight is 203 g/mol. The van der Waals surface area contributed by atoms with Gasteiger partial charge in [0.1, 0.15) is 12.4 Å². The third kappa shape index (κ3) is 1.86. The van der Waals surface area contributed by atoms with E-state index in [0.717, 1.165) is 5.57 Å². The van der Waals surface area contributed by atoms with Crippen molar-refractivity contribution in [1.82, 2.24) is 0 Å². The highest BCUT2D eigenvalue weighted by Crippen LogP contribution is 2.26. The first-order chi connectivity index (χ1) is 6.07. The summed E-state index contributed by atoms with van der Waals surface area (Å²) in [5, 5.41) is 9.59. The van der Waals surface area contributed by atoms with E-state index in [1.165, 1.54) is 12.5 Å². The molecular weight excluding hydrogens is 192 g/mol. The summed E-state index contributed by atoms with van der Waals surface area (Å²) < 4.78 is 4.84. The second-order valence-electron chi connectivity index (χ2n) is 3.01. The van der Waals surface area contributed by atoms with E-state index in [-0.39, 0.29) is 23.9 Å². The highest BCUT2D eigenvalue weighted by Gasteiger charge is 2.28. The highest BCUT2D eigenvalue weighted by molar-refractivity contribution is 6.25. The highest BCUT2D eigenvalue weighted by atomic mass is 35.5. The third-order valence-electron chi connectivity index (χ3n) is 2.12. The number of hydrogen-bond donors (Lipinski definition) is 1. The van der Waals surface area contributed by atoms with Gasteiger partial charge in [-0.25, -0.2) is 4.79 Å². The van der Waals surface area contributed by atoms with Crippen LogP contribution in [0.2, 0.25) is 0 Å². The van der Waals surface area contributed by atoms with Crippen LogP contribution in [-0.2, 0) is 9.53 Å². The summed E-state index contributed by atoms with van der Waals surface area (Å²) >= 11 is 5.50. The van der Waals surface area contributed by atoms with E-state index in [9.17, 15) is 9.90 Å². The Kier molecular flexibility index (Phi) is 2.98. The molecule has 0 bridgehead atoms. The number of hydrogen-bond acceptors (Lipinski definition) is 3. The molecule has 0 radical (unpaired) electrons. The monoisotopic (exact) mass is 202 g/mol. The molecule has 1 atom stereocenters. The normalized spacial score (nSPS) is 24.7. The van der Waals surface area contributed by atoms with Gasteiger partial charge in [-0.15, -0.1) is 0 Å². The summed E-state index contributed by atoms with van der Waals surface area (Å²) in [5.41, 5.74) is 2.42. The predicted octanol–water partition coefficient (Wildman–Crippen LogP) is 2.13. The van der Waals surface area contributed by atoms with E-state index in [2.05, 4.69) is 0 Å². The van der Waals surface area contributed by atoms with Gasteiger partial charge in [0.2, 0.25) is 0 Å². The van der Waals surface area contributed by atoms with Crippen LogP contribution < -0.4 is 0 Å². The molecule has 1 aliphatic heterocycles. The minimum absolute atomic E-state index is 0.0608. The van der Waals surface area contributed by atoms with Crippen molar-refractivity contribution in [2.45, 2.75) is 13.8 Å². The van der Waals surface area contributed by atoms with Crippen LogP contribution in [0, 0.1) is 5.92 Å². The smallest absolute Gasteiger partial charge is 0.337 e. The fourth-order valence-corrected chi connectivity index (χ4v) is 1.29. The Hall–Kier alpha value is -0.960. The van der Waals surface area contributed by atoms with E-state index in [1.807, 2.05) is 0 Å². The Morgan fingerprint density at radius 2 is 2.38 bits per heavy atom. The summed E-state index contributed by atoms with van der Waals surface area (Å²) in [6.45, 7) is 3.47. The topological polar surface area (TPSA) is 46.5 Å². The van der Waals surface area contributed by atoms with Crippen LogP contribution in [0.5, 0.6) is 0 Å². The molecule has 3 nitrogen and oxygen atoms in total. The maximum Gasteiger partial charge on any atom is 0.337 e. The van der Waals surface area contributed by atoms with Gasteiger partial charge < -0.3 is 9.84 Å². The minimum atomic E-state index is -0.462. The largest absolute Gasteiger partial charge is 0.511 e. The van der Waals surface area contributed by atoms with Crippen molar-refractivity contribution in [3.63, 3.8) is 0 Å². The molecule has 0 aliphatic carbocycles. The molecule has 0 amide bonds. The Balaban J connectivity index is 2.99. The first-order valence-electron chi connectivity index (χ1n) is 3.91. The molecule has 4 heteroatoms. The van der Waals surface area contributed by atoms with Crippen LogP contribution in [0.25, 0.3) is 0 Å². The second kappa shape index (κ2) is 3.83. The lowest BCUT2D eigenvalue weighted by atomic mass is 9.96. The first-order valence-corrected chi connectivity index (χ1v) is 4.35. The molecule has 13 heavy (non-hydrogen) atoms. The summed E-state index contributed by atoms with van der Waals surface area (Å²) in [7, 11) is 0. The van der Waals surface area contributed by atoms with Gasteiger partial charge in [0, 0.05) is 5.54 Å². The number of aliphatic hydroxyl groups is 1. The Labute approximate surface area is 81.6 Å². The second-order valence-corrected chi connectivity index (χ2v) is 3.23. The van der Waals surface area contributed by atoms with Gasteiger partial charge in [0.05, 0.1) is 11.5 Å². The summed E-state index contributed by atoms with van der Waals surface area (Å²) in [5.74, 6) is -0.683. The van der Waals surface area contributed by atoms with Crippen molar-refractivity contribution >= 4 is 17.6 Å². The molecule has 0 aromatic carbocycles. The number of cyclic esters (lactones) is 1. The van der Waals surface area contributed by atoms with Crippen molar-refractivity contribution in [2.24, 2.45) is 5.92 Å². The summed E-state index contributed by atoms with van der Waals surface area (Å²) in [4.78, 5) is 11.0. The molecule has 0 saturated carbocycles. The fraction of sp³-hybridized carbons (Fsp3) is 0.444. The van der Waals surface area contributed by atoms with Crippen molar-refractivity contribution in [1.29, 1.82) is 0 Å². The Bertz CT molecular complexity index is 291. The number of rotatable bonds is 1. The molecule has 1 N–H and O–H groups in total. The molecule has 0 aromatic heterocycles. The zero-order valence-electron chi connectivity index (χ0n) is 7.50. The Morgan fingerprint density at radius 1 is 1.77 bits per heavy atom. The van der Waals surface area contributed by atoms with E-state index in [4.69, 9.17) is 16.3 Å². The van der Waals surface area contributed by atoms with E-state index in [1.54, 1.807) is 6.92 Å². The van der Waals surface area contributed by atoms with Gasteiger partial charge in [0.25, 0.3) is 0 Å². The molecule has 0 aromatic rings. The zero-order valence-corrected chi connectivity index (χ0v) is 8.26. The van der Waals surface area contributed by atoms with Crippen molar-refractivity contribution in [2.75, 3.05) is 6.61 Å². The predicted molar refractivity (Wildman–Crippen MR) is 49.4 cm³/mol. The van der Waals surface area contributed by atoms with Gasteiger partial charge in [-0.1, -0.05) is 11.6 Å². The van der Waals surface area contributed by atoms with E-state index >= 15 is 0 Å². The Morgan fingerprint density at radius 3 is 2.92 bits per heavy atom. The fourth-order valence-electron chi connectivity index (χ4n) is 1.14. The number of ether oxygens (including phenoxy) is 1. The van der Waals surface area contributed by atoms with E-state index < -0.39 is 5.97 Å². The molecule has 1 aliphatic rings. The molecule has 72 valence electrons. The summed E-state index contributed by atoms with van der Waals surface area (Å²) in [6.07, 6.45) is 0. The van der Waals surface area contributed by atoms with Gasteiger partial charge in [-0.2, -0.15) is 0 Å². The lowest BCUT2D eigenvalue weighted by molar-refractivity contribution is -0.141. The van der Waals surface area contributed by atoms with Gasteiger partial charge in [-0.05, 0) is 19.4 Å². The first kappa shape index (κ1) is 10.1. The zero-order chi connectivity index (χ0) is 10.0. The van der Waals surface area contributed by atoms with Gasteiger partial charge in [-0.3, -0.25) is 0 Å². The van der Waals surface area contributed by atoms with E-state index in [0.29, 0.717) is 0 Å². The maximum atomic E-state index is 11.0. The average Bonchev–Trinajstić information content (AvgIpc) is 2.13. The van der Waals surface area contributed by atoms with Crippen molar-refractivity contribution < 1.29 is 14.6 Å². The molecule has 1 heterocycles. The van der Waals surface area contributed by atoms with Crippen LogP contribution in [0.4, 0.5) is 0 Å². The van der Waals surface area contributed by atoms with Crippen LogP contribution in [0.1, 0.15) is 13.8 Å². The quantitative estimate of drug-likeness (QED) is 0.663. The van der Waals surface area contributed by atoms with Crippen molar-refractivity contribution in [3.8, 4) is 0 Å². The third-order valence-corrected chi connectivity index (χ3v) is 2.47. The molecule has 0 fully saturated rings. The standard InChI is InChI=1S/C9H11ClO3/c1-5(3-10)7-4-13-9(12)6(2)8(7)11/h3,7,11H,4H2,1-2H3/b5-3+. The lowest BCUT2D eigenvalue weighted by Gasteiger charge is -2.23. The van der Waals surface area contributed by atoms with Gasteiger partial charge >= 0.3 is 5.97 Å². The maximum absolute atomic E-state index is 11.0. The van der Waals surface area contributed by atoms with Crippen molar-refractivity contribution in [3.05, 3.63) is 22.4 Å². The molecular formula is C9H11ClO3. The minimum Gasteiger partial charge on any atom is -0.511 e. The van der Waals surface area contributed by atoms with Crippen LogP contribution in [-0.4, -0.2) is 17.7 Å². The SMILES string of the molecule is CC1=C(O)C(/C(C)=C/Cl)COC1=O. The van der Waals surface area contributed by atoms with Crippen LogP contribution in [0.15, 0.2) is 22.4 Å². The lowest BCUT2D eigenvalue weighted by Crippen LogP contribution is -2.25. The number of carbonyl (C=O) groups is 1. The number of halogens is 1.